The van der Waals surface area contributed by atoms with Crippen LogP contribution < -0.4 is 10.1 Å². The molecule has 1 aromatic rings. The van der Waals surface area contributed by atoms with E-state index in [0.29, 0.717) is 11.1 Å². The van der Waals surface area contributed by atoms with Crippen LogP contribution in [0, 0.1) is 0 Å². The lowest BCUT2D eigenvalue weighted by molar-refractivity contribution is 0.221. The predicted molar refractivity (Wildman–Crippen MR) is 55.9 cm³/mol. The molecule has 1 saturated heterocycles. The van der Waals surface area contributed by atoms with Gasteiger partial charge in [0.05, 0.1) is 0 Å². The van der Waals surface area contributed by atoms with Crippen LogP contribution in [-0.2, 0) is 0 Å². The van der Waals surface area contributed by atoms with E-state index in [1.54, 1.807) is 0 Å². The lowest BCUT2D eigenvalue weighted by atomic mass is 10.2. The van der Waals surface area contributed by atoms with Crippen LogP contribution in [0.5, 0.6) is 5.19 Å². The molecule has 0 saturated carbocycles. The van der Waals surface area contributed by atoms with Crippen LogP contribution >= 0.6 is 11.5 Å². The maximum absolute atomic E-state index is 5.69. The van der Waals surface area contributed by atoms with Gasteiger partial charge in [0.15, 0.2) is 0 Å². The molecular weight excluding hydrogens is 198 g/mol. The molecule has 0 aromatic carbocycles. The molecule has 1 aliphatic heterocycles. The van der Waals surface area contributed by atoms with Crippen molar-refractivity contribution in [2.75, 3.05) is 13.1 Å². The molecular formula is C9H15N3OS. The topological polar surface area (TPSA) is 47.0 Å². The minimum atomic E-state index is 0.281. The van der Waals surface area contributed by atoms with Gasteiger partial charge in [-0.05, 0) is 13.0 Å². The quantitative estimate of drug-likeness (QED) is 0.824. The van der Waals surface area contributed by atoms with Gasteiger partial charge < -0.3 is 10.1 Å². The van der Waals surface area contributed by atoms with E-state index >= 15 is 0 Å². The Kier molecular flexibility index (Phi) is 2.98. The largest absolute Gasteiger partial charge is 0.464 e. The monoisotopic (exact) mass is 213 g/mol. The van der Waals surface area contributed by atoms with Gasteiger partial charge >= 0.3 is 0 Å². The lowest BCUT2D eigenvalue weighted by Crippen LogP contribution is -2.19. The van der Waals surface area contributed by atoms with Crippen LogP contribution in [0.3, 0.4) is 0 Å². The number of hydrogen-bond acceptors (Lipinski definition) is 5. The number of nitrogens with zero attached hydrogens (tertiary/aromatic N) is 2. The Morgan fingerprint density at radius 3 is 3.00 bits per heavy atom. The van der Waals surface area contributed by atoms with Crippen molar-refractivity contribution in [2.45, 2.75) is 32.3 Å². The zero-order valence-electron chi connectivity index (χ0n) is 8.49. The summed E-state index contributed by atoms with van der Waals surface area (Å²) in [5.41, 5.74) is 0. The first-order valence-electron chi connectivity index (χ1n) is 4.96. The summed E-state index contributed by atoms with van der Waals surface area (Å²) in [5.74, 6) is 1.27. The van der Waals surface area contributed by atoms with Gasteiger partial charge in [0.2, 0.25) is 0 Å². The molecule has 0 bridgehead atoms. The van der Waals surface area contributed by atoms with Crippen LogP contribution in [0.4, 0.5) is 0 Å². The molecule has 0 spiro atoms. The normalized spacial score (nSPS) is 21.8. The van der Waals surface area contributed by atoms with Crippen LogP contribution in [0.2, 0.25) is 0 Å². The maximum atomic E-state index is 5.69. The smallest absolute Gasteiger partial charge is 0.293 e. The summed E-state index contributed by atoms with van der Waals surface area (Å²) >= 11 is 1.35. The third kappa shape index (κ3) is 2.22. The molecule has 0 radical (unpaired) electrons. The van der Waals surface area contributed by atoms with Gasteiger partial charge in [-0.1, -0.05) is 13.8 Å². The summed E-state index contributed by atoms with van der Waals surface area (Å²) in [6.45, 7) is 6.14. The van der Waals surface area contributed by atoms with E-state index in [9.17, 15) is 0 Å². The van der Waals surface area contributed by atoms with Crippen LogP contribution in [0.25, 0.3) is 0 Å². The fourth-order valence-corrected chi connectivity index (χ4v) is 2.11. The first-order chi connectivity index (χ1) is 6.75. The molecule has 1 aliphatic rings. The van der Waals surface area contributed by atoms with Gasteiger partial charge in [0.1, 0.15) is 11.9 Å². The molecule has 14 heavy (non-hydrogen) atoms. The van der Waals surface area contributed by atoms with Gasteiger partial charge in [-0.15, -0.1) is 0 Å². The molecule has 0 aliphatic carbocycles. The van der Waals surface area contributed by atoms with Gasteiger partial charge in [0.25, 0.3) is 5.19 Å². The van der Waals surface area contributed by atoms with Crippen molar-refractivity contribution in [3.63, 3.8) is 0 Å². The second kappa shape index (κ2) is 4.23. The minimum absolute atomic E-state index is 0.281. The summed E-state index contributed by atoms with van der Waals surface area (Å²) in [4.78, 5) is 4.33. The predicted octanol–water partition coefficient (Wildman–Crippen LogP) is 1.40. The number of nitrogens with one attached hydrogen (secondary N) is 1. The summed E-state index contributed by atoms with van der Waals surface area (Å²) in [7, 11) is 0. The molecule has 0 amide bonds. The number of hydrogen-bond donors (Lipinski definition) is 1. The first-order valence-corrected chi connectivity index (χ1v) is 5.74. The van der Waals surface area contributed by atoms with E-state index in [1.165, 1.54) is 11.5 Å². The Morgan fingerprint density at radius 2 is 2.43 bits per heavy atom. The highest BCUT2D eigenvalue weighted by molar-refractivity contribution is 7.07. The lowest BCUT2D eigenvalue weighted by Gasteiger charge is -2.07. The standard InChI is InChI=1S/C9H15N3OS/c1-6(2)8-11-9(14-12-8)13-7-3-4-10-5-7/h6-7,10H,3-5H2,1-2H3. The Labute approximate surface area is 87.9 Å². The second-order valence-corrected chi connectivity index (χ2v) is 4.52. The second-order valence-electron chi connectivity index (χ2n) is 3.81. The van der Waals surface area contributed by atoms with Gasteiger partial charge in [-0.2, -0.15) is 9.36 Å². The van der Waals surface area contributed by atoms with Crippen LogP contribution in [0.1, 0.15) is 32.0 Å². The highest BCUT2D eigenvalue weighted by atomic mass is 32.1. The SMILES string of the molecule is CC(C)c1nsc(OC2CCNC2)n1. The Bertz CT molecular complexity index is 294. The summed E-state index contributed by atoms with van der Waals surface area (Å²) in [5, 5.41) is 3.96. The van der Waals surface area contributed by atoms with Crippen LogP contribution in [-0.4, -0.2) is 28.6 Å². The average Bonchev–Trinajstić information content (AvgIpc) is 2.75. The van der Waals surface area contributed by atoms with Gasteiger partial charge in [-0.3, -0.25) is 0 Å². The van der Waals surface area contributed by atoms with Gasteiger partial charge in [0, 0.05) is 24.0 Å². The maximum Gasteiger partial charge on any atom is 0.293 e. The third-order valence-corrected chi connectivity index (χ3v) is 2.84. The fourth-order valence-electron chi connectivity index (χ4n) is 1.37. The molecule has 1 aromatic heterocycles. The van der Waals surface area contributed by atoms with E-state index in [0.717, 1.165) is 25.3 Å². The van der Waals surface area contributed by atoms with Crippen molar-refractivity contribution in [1.82, 2.24) is 14.7 Å². The van der Waals surface area contributed by atoms with Crippen molar-refractivity contribution in [3.8, 4) is 5.19 Å². The van der Waals surface area contributed by atoms with Crippen molar-refractivity contribution in [2.24, 2.45) is 0 Å². The minimum Gasteiger partial charge on any atom is -0.464 e. The Hall–Kier alpha value is -0.680. The number of aromatic nitrogens is 2. The summed E-state index contributed by atoms with van der Waals surface area (Å²) in [6.07, 6.45) is 1.35. The van der Waals surface area contributed by atoms with E-state index in [-0.39, 0.29) is 6.10 Å². The molecule has 2 heterocycles. The molecule has 5 heteroatoms. The van der Waals surface area contributed by atoms with E-state index in [1.807, 2.05) is 0 Å². The van der Waals surface area contributed by atoms with Crippen molar-refractivity contribution >= 4 is 11.5 Å². The van der Waals surface area contributed by atoms with Crippen molar-refractivity contribution < 1.29 is 4.74 Å². The summed E-state index contributed by atoms with van der Waals surface area (Å²) < 4.78 is 9.93. The molecule has 4 nitrogen and oxygen atoms in total. The molecule has 1 atom stereocenters. The Balaban J connectivity index is 1.95. The van der Waals surface area contributed by atoms with Crippen LogP contribution in [0.15, 0.2) is 0 Å². The van der Waals surface area contributed by atoms with Crippen molar-refractivity contribution in [3.05, 3.63) is 5.82 Å². The fraction of sp³-hybridized carbons (Fsp3) is 0.778. The van der Waals surface area contributed by atoms with E-state index in [2.05, 4.69) is 28.5 Å². The van der Waals surface area contributed by atoms with E-state index in [4.69, 9.17) is 4.74 Å². The van der Waals surface area contributed by atoms with Crippen molar-refractivity contribution in [1.29, 1.82) is 0 Å². The Morgan fingerprint density at radius 1 is 1.57 bits per heavy atom. The van der Waals surface area contributed by atoms with E-state index < -0.39 is 0 Å². The molecule has 2 rings (SSSR count). The highest BCUT2D eigenvalue weighted by Gasteiger charge is 2.18. The third-order valence-electron chi connectivity index (χ3n) is 2.22. The first kappa shape index (κ1) is 9.86. The summed E-state index contributed by atoms with van der Waals surface area (Å²) in [6, 6.07) is 0. The molecule has 1 fully saturated rings. The molecule has 1 N–H and O–H groups in total. The number of ether oxygens (including phenoxy) is 1. The molecule has 1 unspecified atom stereocenters. The number of rotatable bonds is 3. The van der Waals surface area contributed by atoms with Gasteiger partial charge in [-0.25, -0.2) is 0 Å². The zero-order chi connectivity index (χ0) is 9.97. The zero-order valence-corrected chi connectivity index (χ0v) is 9.30. The molecule has 78 valence electrons. The average molecular weight is 213 g/mol. The highest BCUT2D eigenvalue weighted by Crippen LogP contribution is 2.21.